The minimum Gasteiger partial charge on any atom is -0.466 e. The highest BCUT2D eigenvalue weighted by Crippen LogP contribution is 2.10. The van der Waals surface area contributed by atoms with Gasteiger partial charge in [-0.05, 0) is 59.3 Å². The molecule has 1 aliphatic rings. The molecule has 0 aromatic rings. The van der Waals surface area contributed by atoms with Crippen molar-refractivity contribution in [2.75, 3.05) is 26.2 Å². The number of rotatable bonds is 9. The largest absolute Gasteiger partial charge is 0.466 e. The summed E-state index contributed by atoms with van der Waals surface area (Å²) in [6, 6.07) is 0. The summed E-state index contributed by atoms with van der Waals surface area (Å²) in [6.07, 6.45) is 11.0. The summed E-state index contributed by atoms with van der Waals surface area (Å²) in [4.78, 5) is 13.4. The minimum atomic E-state index is 0.0245. The summed E-state index contributed by atoms with van der Waals surface area (Å²) in [6.45, 7) is 10.2. The van der Waals surface area contributed by atoms with Gasteiger partial charge in [-0.2, -0.15) is 0 Å². The zero-order valence-corrected chi connectivity index (χ0v) is 14.2. The maximum Gasteiger partial charge on any atom is 0.314 e. The fraction of sp³-hybridized carbons (Fsp3) is 0.833. The maximum atomic E-state index is 11.8. The number of carbonyl (C=O) groups is 1. The Balaban J connectivity index is 2.09. The van der Waals surface area contributed by atoms with Crippen LogP contribution in [0.2, 0.25) is 0 Å². The molecule has 0 amide bonds. The van der Waals surface area contributed by atoms with Gasteiger partial charge in [0.05, 0.1) is 26.2 Å². The molecule has 0 bridgehead atoms. The van der Waals surface area contributed by atoms with Gasteiger partial charge in [0.25, 0.3) is 0 Å². The Bertz CT molecular complexity index is 321. The first-order valence-corrected chi connectivity index (χ1v) is 8.77. The van der Waals surface area contributed by atoms with Gasteiger partial charge >= 0.3 is 5.97 Å². The van der Waals surface area contributed by atoms with Gasteiger partial charge in [0, 0.05) is 0 Å². The van der Waals surface area contributed by atoms with Crippen molar-refractivity contribution < 1.29 is 14.4 Å². The van der Waals surface area contributed by atoms with Crippen molar-refractivity contribution in [1.29, 1.82) is 0 Å². The molecule has 1 fully saturated rings. The highest BCUT2D eigenvalue weighted by molar-refractivity contribution is 5.72. The molecule has 1 saturated heterocycles. The zero-order valence-electron chi connectivity index (χ0n) is 14.2. The summed E-state index contributed by atoms with van der Waals surface area (Å²) in [5.74, 6) is 0.169. The lowest BCUT2D eigenvalue weighted by molar-refractivity contribution is -0.907. The van der Waals surface area contributed by atoms with Gasteiger partial charge in [-0.15, -0.1) is 0 Å². The molecule has 1 aliphatic heterocycles. The van der Waals surface area contributed by atoms with Crippen LogP contribution >= 0.6 is 0 Å². The molecule has 0 radical (unpaired) electrons. The van der Waals surface area contributed by atoms with Crippen LogP contribution in [0.15, 0.2) is 11.6 Å². The van der Waals surface area contributed by atoms with Crippen LogP contribution in [0.1, 0.15) is 65.7 Å². The minimum absolute atomic E-state index is 0.0245. The normalized spacial score (nSPS) is 21.9. The average molecular weight is 296 g/mol. The molecule has 1 rings (SSSR count). The smallest absolute Gasteiger partial charge is 0.314 e. The van der Waals surface area contributed by atoms with Gasteiger partial charge in [-0.1, -0.05) is 18.1 Å². The molecule has 0 saturated carbocycles. The van der Waals surface area contributed by atoms with Gasteiger partial charge in [-0.25, -0.2) is 0 Å². The maximum absolute atomic E-state index is 11.8. The predicted molar refractivity (Wildman–Crippen MR) is 87.4 cm³/mol. The third-order valence-corrected chi connectivity index (χ3v) is 4.27. The predicted octanol–water partition coefficient (Wildman–Crippen LogP) is 2.76. The van der Waals surface area contributed by atoms with Gasteiger partial charge in [0.15, 0.2) is 0 Å². The molecule has 1 heterocycles. The van der Waals surface area contributed by atoms with E-state index in [-0.39, 0.29) is 11.9 Å². The Morgan fingerprint density at radius 1 is 1.24 bits per heavy atom. The Morgan fingerprint density at radius 3 is 2.71 bits per heavy atom. The molecule has 3 heteroatoms. The van der Waals surface area contributed by atoms with Crippen LogP contribution in [0.4, 0.5) is 0 Å². The number of hydrogen-bond donors (Lipinski definition) is 1. The van der Waals surface area contributed by atoms with Crippen LogP contribution in [0.3, 0.4) is 0 Å². The van der Waals surface area contributed by atoms with Crippen molar-refractivity contribution in [3.63, 3.8) is 0 Å². The molecule has 0 aliphatic carbocycles. The van der Waals surface area contributed by atoms with Crippen LogP contribution in [0.5, 0.6) is 0 Å². The lowest BCUT2D eigenvalue weighted by Gasteiger charge is -2.28. The van der Waals surface area contributed by atoms with E-state index in [2.05, 4.69) is 19.9 Å². The van der Waals surface area contributed by atoms with E-state index in [1.165, 1.54) is 57.2 Å². The van der Waals surface area contributed by atoms with Gasteiger partial charge < -0.3 is 9.64 Å². The molecular weight excluding hydrogens is 262 g/mol. The van der Waals surface area contributed by atoms with Crippen molar-refractivity contribution in [1.82, 2.24) is 0 Å². The van der Waals surface area contributed by atoms with E-state index in [1.807, 2.05) is 6.92 Å². The Morgan fingerprint density at radius 2 is 2.00 bits per heavy atom. The second-order valence-electron chi connectivity index (χ2n) is 6.53. The van der Waals surface area contributed by atoms with Crippen LogP contribution in [-0.4, -0.2) is 32.2 Å². The second-order valence-corrected chi connectivity index (χ2v) is 6.53. The SMILES string of the molecule is CCOC(=O)[C@@H]1CCC[NH+](CCCCCCC=C(C)C)C1. The highest BCUT2D eigenvalue weighted by Gasteiger charge is 2.29. The third-order valence-electron chi connectivity index (χ3n) is 4.27. The van der Waals surface area contributed by atoms with Crippen LogP contribution in [0, 0.1) is 5.92 Å². The highest BCUT2D eigenvalue weighted by atomic mass is 16.5. The fourth-order valence-corrected chi connectivity index (χ4v) is 3.10. The summed E-state index contributed by atoms with van der Waals surface area (Å²) >= 11 is 0. The molecule has 21 heavy (non-hydrogen) atoms. The van der Waals surface area contributed by atoms with Crippen molar-refractivity contribution >= 4 is 5.97 Å². The summed E-state index contributed by atoms with van der Waals surface area (Å²) in [5.41, 5.74) is 1.43. The molecule has 2 atom stereocenters. The van der Waals surface area contributed by atoms with E-state index >= 15 is 0 Å². The first kappa shape index (κ1) is 18.2. The monoisotopic (exact) mass is 296 g/mol. The number of likely N-dealkylation sites (tertiary alicyclic amines) is 1. The molecule has 122 valence electrons. The average Bonchev–Trinajstić information content (AvgIpc) is 2.46. The van der Waals surface area contributed by atoms with Gasteiger partial charge in [0.2, 0.25) is 0 Å². The Labute approximate surface area is 130 Å². The lowest BCUT2D eigenvalue weighted by atomic mass is 9.98. The summed E-state index contributed by atoms with van der Waals surface area (Å²) < 4.78 is 5.16. The fourth-order valence-electron chi connectivity index (χ4n) is 3.10. The number of quaternary nitrogens is 1. The molecule has 1 N–H and O–H groups in total. The van der Waals surface area contributed by atoms with E-state index in [0.717, 1.165) is 13.0 Å². The molecular formula is C18H34NO2+. The number of unbranched alkanes of at least 4 members (excludes halogenated alkanes) is 4. The number of piperidine rings is 1. The standard InChI is InChI=1S/C18H33NO2/c1-4-21-18(20)17-12-10-14-19(15-17)13-9-7-5-6-8-11-16(2)3/h11,17H,4-10,12-15H2,1-3H3/p+1/t17-/m1/s1. The summed E-state index contributed by atoms with van der Waals surface area (Å²) in [7, 11) is 0. The molecule has 3 nitrogen and oxygen atoms in total. The van der Waals surface area contributed by atoms with E-state index in [4.69, 9.17) is 4.74 Å². The first-order valence-electron chi connectivity index (χ1n) is 8.77. The van der Waals surface area contributed by atoms with Crippen LogP contribution in [-0.2, 0) is 9.53 Å². The van der Waals surface area contributed by atoms with E-state index in [9.17, 15) is 4.79 Å². The topological polar surface area (TPSA) is 30.7 Å². The number of nitrogens with one attached hydrogen (secondary N) is 1. The van der Waals surface area contributed by atoms with Crippen molar-refractivity contribution in [3.05, 3.63) is 11.6 Å². The van der Waals surface area contributed by atoms with Crippen LogP contribution in [0.25, 0.3) is 0 Å². The van der Waals surface area contributed by atoms with E-state index in [0.29, 0.717) is 6.61 Å². The van der Waals surface area contributed by atoms with Crippen LogP contribution < -0.4 is 4.90 Å². The third kappa shape index (κ3) is 8.25. The number of hydrogen-bond acceptors (Lipinski definition) is 2. The number of allylic oxidation sites excluding steroid dienone is 2. The lowest BCUT2D eigenvalue weighted by Crippen LogP contribution is -3.13. The van der Waals surface area contributed by atoms with Crippen molar-refractivity contribution in [2.45, 2.75) is 65.7 Å². The summed E-state index contributed by atoms with van der Waals surface area (Å²) in [5, 5.41) is 0. The van der Waals surface area contributed by atoms with Crippen molar-refractivity contribution in [3.8, 4) is 0 Å². The van der Waals surface area contributed by atoms with Crippen molar-refractivity contribution in [2.24, 2.45) is 5.92 Å². The van der Waals surface area contributed by atoms with Gasteiger partial charge in [-0.3, -0.25) is 4.79 Å². The molecule has 0 spiro atoms. The van der Waals surface area contributed by atoms with E-state index < -0.39 is 0 Å². The van der Waals surface area contributed by atoms with E-state index in [1.54, 1.807) is 4.90 Å². The quantitative estimate of drug-likeness (QED) is 0.403. The molecule has 0 aromatic carbocycles. The number of carbonyl (C=O) groups excluding carboxylic acids is 1. The molecule has 0 aromatic heterocycles. The van der Waals surface area contributed by atoms with Gasteiger partial charge in [0.1, 0.15) is 5.92 Å². The Kier molecular flexibility index (Phi) is 9.40. The number of esters is 1. The number of ether oxygens (including phenoxy) is 1. The Hall–Kier alpha value is -0.830. The second kappa shape index (κ2) is 10.8. The molecule has 1 unspecified atom stereocenters. The first-order chi connectivity index (χ1) is 10.1. The zero-order chi connectivity index (χ0) is 15.5.